The average molecular weight is 289 g/mol. The summed E-state index contributed by atoms with van der Waals surface area (Å²) >= 11 is 5.90. The highest BCUT2D eigenvalue weighted by molar-refractivity contribution is 6.30. The van der Waals surface area contributed by atoms with Crippen LogP contribution in [0.2, 0.25) is 5.02 Å². The Hall–Kier alpha value is -1.87. The lowest BCUT2D eigenvalue weighted by atomic mass is 10.1. The largest absolute Gasteiger partial charge is 0.367 e. The van der Waals surface area contributed by atoms with E-state index in [4.69, 9.17) is 11.6 Å². The molecule has 0 N–H and O–H groups in total. The number of Topliss-reactive ketones (excluding diaryl/α,β-unsaturated/α-hetero) is 1. The van der Waals surface area contributed by atoms with Gasteiger partial charge in [-0.15, -0.1) is 0 Å². The second-order valence-electron chi connectivity index (χ2n) is 4.80. The number of carbonyl (C=O) groups is 1. The van der Waals surface area contributed by atoms with Gasteiger partial charge in [-0.3, -0.25) is 9.78 Å². The Morgan fingerprint density at radius 1 is 1.20 bits per heavy atom. The lowest BCUT2D eigenvalue weighted by Gasteiger charge is -2.27. The van der Waals surface area contributed by atoms with Crippen molar-refractivity contribution in [3.8, 4) is 0 Å². The van der Waals surface area contributed by atoms with E-state index >= 15 is 0 Å². The number of anilines is 1. The lowest BCUT2D eigenvalue weighted by molar-refractivity contribution is 0.101. The predicted octanol–water partition coefficient (Wildman–Crippen LogP) is 4.14. The number of nitrogens with zero attached hydrogens (tertiary/aromatic N) is 2. The first-order valence-electron chi connectivity index (χ1n) is 6.44. The Morgan fingerprint density at radius 2 is 1.85 bits per heavy atom. The molecule has 0 aliphatic carbocycles. The van der Waals surface area contributed by atoms with Crippen molar-refractivity contribution in [2.45, 2.75) is 19.9 Å². The molecule has 1 heterocycles. The zero-order valence-electron chi connectivity index (χ0n) is 11.8. The number of aromatic nitrogens is 1. The van der Waals surface area contributed by atoms with E-state index in [0.717, 1.165) is 10.7 Å². The third kappa shape index (κ3) is 3.17. The molecule has 0 aliphatic heterocycles. The van der Waals surface area contributed by atoms with E-state index in [9.17, 15) is 4.79 Å². The summed E-state index contributed by atoms with van der Waals surface area (Å²) in [6, 6.07) is 11.7. The molecule has 104 valence electrons. The Morgan fingerprint density at radius 3 is 2.35 bits per heavy atom. The number of ketones is 1. The van der Waals surface area contributed by atoms with Crippen LogP contribution in [0.5, 0.6) is 0 Å². The summed E-state index contributed by atoms with van der Waals surface area (Å²) in [6.45, 7) is 3.63. The van der Waals surface area contributed by atoms with Gasteiger partial charge in [0.15, 0.2) is 5.78 Å². The second-order valence-corrected chi connectivity index (χ2v) is 5.23. The maximum atomic E-state index is 11.2. The highest BCUT2D eigenvalue weighted by Gasteiger charge is 2.13. The summed E-state index contributed by atoms with van der Waals surface area (Å²) in [4.78, 5) is 17.5. The molecule has 0 radical (unpaired) electrons. The van der Waals surface area contributed by atoms with Crippen molar-refractivity contribution in [1.29, 1.82) is 0 Å². The minimum absolute atomic E-state index is 0.0232. The fraction of sp³-hybridized carbons (Fsp3) is 0.250. The molecular weight excluding hydrogens is 272 g/mol. The van der Waals surface area contributed by atoms with E-state index < -0.39 is 0 Å². The molecule has 0 saturated heterocycles. The van der Waals surface area contributed by atoms with Gasteiger partial charge in [0.1, 0.15) is 5.69 Å². The van der Waals surface area contributed by atoms with Crippen LogP contribution in [0.25, 0.3) is 0 Å². The van der Waals surface area contributed by atoms with Gasteiger partial charge in [0.05, 0.1) is 17.9 Å². The van der Waals surface area contributed by atoms with Gasteiger partial charge in [-0.1, -0.05) is 23.7 Å². The van der Waals surface area contributed by atoms with Crippen molar-refractivity contribution in [1.82, 2.24) is 4.98 Å². The molecule has 1 aromatic heterocycles. The van der Waals surface area contributed by atoms with Gasteiger partial charge in [-0.25, -0.2) is 0 Å². The average Bonchev–Trinajstić information content (AvgIpc) is 2.46. The van der Waals surface area contributed by atoms with Crippen molar-refractivity contribution in [2.24, 2.45) is 0 Å². The van der Waals surface area contributed by atoms with Crippen molar-refractivity contribution < 1.29 is 4.79 Å². The maximum Gasteiger partial charge on any atom is 0.178 e. The number of benzene rings is 1. The van der Waals surface area contributed by atoms with Crippen molar-refractivity contribution in [3.05, 3.63) is 58.9 Å². The van der Waals surface area contributed by atoms with E-state index in [2.05, 4.69) is 16.8 Å². The predicted molar refractivity (Wildman–Crippen MR) is 82.5 cm³/mol. The Kier molecular flexibility index (Phi) is 4.40. The summed E-state index contributed by atoms with van der Waals surface area (Å²) in [5, 5.41) is 0.732. The monoisotopic (exact) mass is 288 g/mol. The molecule has 2 rings (SSSR count). The Labute approximate surface area is 124 Å². The molecular formula is C16H17ClN2O. The summed E-state index contributed by atoms with van der Waals surface area (Å²) in [6.07, 6.45) is 1.73. The van der Waals surface area contributed by atoms with E-state index in [1.165, 1.54) is 12.5 Å². The molecule has 0 fully saturated rings. The highest BCUT2D eigenvalue weighted by Crippen LogP contribution is 2.25. The number of hydrogen-bond donors (Lipinski definition) is 0. The van der Waals surface area contributed by atoms with E-state index in [1.54, 1.807) is 12.3 Å². The first kappa shape index (κ1) is 14.5. The first-order valence-corrected chi connectivity index (χ1v) is 6.82. The smallest absolute Gasteiger partial charge is 0.178 e. The third-order valence-electron chi connectivity index (χ3n) is 3.45. The van der Waals surface area contributed by atoms with Crippen LogP contribution >= 0.6 is 11.6 Å². The van der Waals surface area contributed by atoms with Gasteiger partial charge in [-0.2, -0.15) is 0 Å². The van der Waals surface area contributed by atoms with Crippen LogP contribution in [0.15, 0.2) is 42.6 Å². The van der Waals surface area contributed by atoms with Crippen molar-refractivity contribution >= 4 is 23.1 Å². The number of halogens is 1. The van der Waals surface area contributed by atoms with Gasteiger partial charge in [0.25, 0.3) is 0 Å². The second kappa shape index (κ2) is 6.06. The maximum absolute atomic E-state index is 11.2. The number of pyridine rings is 1. The summed E-state index contributed by atoms with van der Waals surface area (Å²) in [5.41, 5.74) is 2.63. The molecule has 2 aromatic rings. The fourth-order valence-corrected chi connectivity index (χ4v) is 2.12. The van der Waals surface area contributed by atoms with Gasteiger partial charge in [0, 0.05) is 19.0 Å². The van der Waals surface area contributed by atoms with Gasteiger partial charge in [0.2, 0.25) is 0 Å². The minimum atomic E-state index is -0.0232. The molecule has 1 aromatic carbocycles. The zero-order valence-corrected chi connectivity index (χ0v) is 12.6. The summed E-state index contributed by atoms with van der Waals surface area (Å²) < 4.78 is 0. The zero-order chi connectivity index (χ0) is 14.7. The molecule has 3 nitrogen and oxygen atoms in total. The van der Waals surface area contributed by atoms with E-state index in [1.807, 2.05) is 37.4 Å². The van der Waals surface area contributed by atoms with E-state index in [0.29, 0.717) is 5.69 Å². The molecule has 0 saturated carbocycles. The number of hydrogen-bond acceptors (Lipinski definition) is 3. The fourth-order valence-electron chi connectivity index (χ4n) is 1.99. The molecule has 0 amide bonds. The van der Waals surface area contributed by atoms with Gasteiger partial charge >= 0.3 is 0 Å². The highest BCUT2D eigenvalue weighted by atomic mass is 35.5. The summed E-state index contributed by atoms with van der Waals surface area (Å²) in [5.74, 6) is -0.0232. The minimum Gasteiger partial charge on any atom is -0.367 e. The summed E-state index contributed by atoms with van der Waals surface area (Å²) in [7, 11) is 2.00. The van der Waals surface area contributed by atoms with Crippen LogP contribution < -0.4 is 4.90 Å². The van der Waals surface area contributed by atoms with Crippen LogP contribution in [0.1, 0.15) is 35.9 Å². The van der Waals surface area contributed by atoms with Crippen LogP contribution in [0, 0.1) is 0 Å². The molecule has 4 heteroatoms. The van der Waals surface area contributed by atoms with Crippen LogP contribution in [-0.4, -0.2) is 17.8 Å². The standard InChI is InChI=1S/C16H17ClN2O/c1-11(13-4-6-14(17)7-5-13)19(3)15-8-9-16(12(2)20)18-10-15/h4-11H,1-3H3. The SMILES string of the molecule is CC(=O)c1ccc(N(C)C(C)c2ccc(Cl)cc2)cn1. The van der Waals surface area contributed by atoms with Crippen LogP contribution in [0.4, 0.5) is 5.69 Å². The van der Waals surface area contributed by atoms with E-state index in [-0.39, 0.29) is 11.8 Å². The lowest BCUT2D eigenvalue weighted by Crippen LogP contribution is -2.21. The Bertz CT molecular complexity index is 593. The third-order valence-corrected chi connectivity index (χ3v) is 3.70. The molecule has 1 atom stereocenters. The normalized spacial score (nSPS) is 12.0. The quantitative estimate of drug-likeness (QED) is 0.793. The molecule has 0 spiro atoms. The van der Waals surface area contributed by atoms with Crippen molar-refractivity contribution in [3.63, 3.8) is 0 Å². The molecule has 20 heavy (non-hydrogen) atoms. The first-order chi connectivity index (χ1) is 9.49. The molecule has 0 aliphatic rings. The van der Waals surface area contributed by atoms with Crippen LogP contribution in [0.3, 0.4) is 0 Å². The number of rotatable bonds is 4. The number of carbonyl (C=O) groups excluding carboxylic acids is 1. The molecule has 1 unspecified atom stereocenters. The van der Waals surface area contributed by atoms with Crippen molar-refractivity contribution in [2.75, 3.05) is 11.9 Å². The topological polar surface area (TPSA) is 33.2 Å². The van der Waals surface area contributed by atoms with Crippen LogP contribution in [-0.2, 0) is 0 Å². The van der Waals surface area contributed by atoms with Gasteiger partial charge in [-0.05, 0) is 36.8 Å². The Balaban J connectivity index is 2.19. The molecule has 0 bridgehead atoms. The van der Waals surface area contributed by atoms with Gasteiger partial charge < -0.3 is 4.90 Å².